The average Bonchev–Trinajstić information content (AvgIpc) is 3.55. The van der Waals surface area contributed by atoms with E-state index in [0.29, 0.717) is 12.0 Å². The van der Waals surface area contributed by atoms with Gasteiger partial charge in [0, 0.05) is 35.9 Å². The Bertz CT molecular complexity index is 1090. The maximum absolute atomic E-state index is 6.39. The summed E-state index contributed by atoms with van der Waals surface area (Å²) in [7, 11) is 1.70. The Hall–Kier alpha value is -2.06. The first-order valence-corrected chi connectivity index (χ1v) is 13.4. The van der Waals surface area contributed by atoms with Crippen LogP contribution in [0.25, 0.3) is 5.69 Å². The third-order valence-electron chi connectivity index (χ3n) is 6.70. The molecule has 8 heteroatoms. The molecule has 0 bridgehead atoms. The fourth-order valence-corrected chi connectivity index (χ4v) is 6.01. The second-order valence-electron chi connectivity index (χ2n) is 8.97. The summed E-state index contributed by atoms with van der Waals surface area (Å²) >= 11 is 8.13. The minimum absolute atomic E-state index is 0.303. The third-order valence-corrected chi connectivity index (χ3v) is 8.13. The third kappa shape index (κ3) is 5.43. The highest BCUT2D eigenvalue weighted by molar-refractivity contribution is 7.99. The molecule has 6 nitrogen and oxygen atoms in total. The van der Waals surface area contributed by atoms with Crippen LogP contribution in [-0.2, 0) is 11.3 Å². The molecule has 2 fully saturated rings. The Kier molecular flexibility index (Phi) is 7.74. The van der Waals surface area contributed by atoms with E-state index in [2.05, 4.69) is 38.8 Å². The molecule has 3 aromatic rings. The molecule has 0 spiro atoms. The van der Waals surface area contributed by atoms with Crippen LogP contribution in [0, 0.1) is 0 Å². The number of rotatable bonds is 8. The number of piperidine rings is 1. The Morgan fingerprint density at radius 1 is 1.09 bits per heavy atom. The van der Waals surface area contributed by atoms with E-state index in [1.54, 1.807) is 18.9 Å². The molecular weight excluding hydrogens is 468 g/mol. The number of likely N-dealkylation sites (tertiary alicyclic amines) is 1. The van der Waals surface area contributed by atoms with Crippen LogP contribution >= 0.6 is 23.4 Å². The molecular formula is C26H31ClN4O2S. The molecule has 0 amide bonds. The molecule has 0 N–H and O–H groups in total. The fraction of sp³-hybridized carbons (Fsp3) is 0.462. The number of ether oxygens (including phenoxy) is 2. The van der Waals surface area contributed by atoms with E-state index < -0.39 is 0 Å². The first kappa shape index (κ1) is 23.7. The van der Waals surface area contributed by atoms with Crippen LogP contribution in [0.5, 0.6) is 5.75 Å². The zero-order valence-electron chi connectivity index (χ0n) is 19.5. The van der Waals surface area contributed by atoms with Gasteiger partial charge >= 0.3 is 0 Å². The van der Waals surface area contributed by atoms with Gasteiger partial charge < -0.3 is 9.47 Å². The second kappa shape index (κ2) is 11.1. The summed E-state index contributed by atoms with van der Waals surface area (Å²) in [4.78, 5) is 2.48. The normalized spacial score (nSPS) is 19.5. The number of hydrogen-bond acceptors (Lipinski definition) is 6. The van der Waals surface area contributed by atoms with E-state index in [9.17, 15) is 0 Å². The maximum atomic E-state index is 6.39. The van der Waals surface area contributed by atoms with Gasteiger partial charge in [-0.2, -0.15) is 0 Å². The minimum atomic E-state index is 0.303. The molecule has 2 saturated heterocycles. The van der Waals surface area contributed by atoms with Gasteiger partial charge in [0.05, 0.1) is 18.9 Å². The van der Waals surface area contributed by atoms with Crippen molar-refractivity contribution in [2.75, 3.05) is 32.6 Å². The lowest BCUT2D eigenvalue weighted by atomic mass is 9.95. The Balaban J connectivity index is 1.34. The van der Waals surface area contributed by atoms with Crippen LogP contribution in [0.1, 0.15) is 43.0 Å². The topological polar surface area (TPSA) is 52.4 Å². The predicted molar refractivity (Wildman–Crippen MR) is 136 cm³/mol. The molecule has 180 valence electrons. The highest BCUT2D eigenvalue weighted by Crippen LogP contribution is 2.34. The Morgan fingerprint density at radius 3 is 2.71 bits per heavy atom. The van der Waals surface area contributed by atoms with Crippen molar-refractivity contribution in [3.8, 4) is 11.4 Å². The summed E-state index contributed by atoms with van der Waals surface area (Å²) in [5.41, 5.74) is 2.24. The number of benzene rings is 2. The van der Waals surface area contributed by atoms with Gasteiger partial charge in [-0.3, -0.25) is 9.47 Å². The number of halogens is 1. The zero-order valence-corrected chi connectivity index (χ0v) is 21.1. The predicted octanol–water partition coefficient (Wildman–Crippen LogP) is 5.58. The molecule has 0 radical (unpaired) electrons. The molecule has 3 heterocycles. The van der Waals surface area contributed by atoms with E-state index in [1.807, 2.05) is 24.3 Å². The summed E-state index contributed by atoms with van der Waals surface area (Å²) < 4.78 is 13.6. The molecule has 0 saturated carbocycles. The van der Waals surface area contributed by atoms with E-state index in [0.717, 1.165) is 85.1 Å². The van der Waals surface area contributed by atoms with Crippen molar-refractivity contribution in [3.63, 3.8) is 0 Å². The van der Waals surface area contributed by atoms with Crippen LogP contribution in [0.4, 0.5) is 0 Å². The van der Waals surface area contributed by atoms with Gasteiger partial charge in [-0.25, -0.2) is 0 Å². The molecule has 0 unspecified atom stereocenters. The van der Waals surface area contributed by atoms with Gasteiger partial charge in [-0.05, 0) is 62.5 Å². The van der Waals surface area contributed by atoms with Crippen LogP contribution < -0.4 is 4.74 Å². The van der Waals surface area contributed by atoms with Crippen molar-refractivity contribution in [1.82, 2.24) is 19.7 Å². The number of aromatic nitrogens is 3. The minimum Gasteiger partial charge on any atom is -0.497 e. The quantitative estimate of drug-likeness (QED) is 0.378. The molecule has 1 atom stereocenters. The molecule has 0 aliphatic carbocycles. The molecule has 2 aliphatic rings. The lowest BCUT2D eigenvalue weighted by Gasteiger charge is -2.32. The smallest absolute Gasteiger partial charge is 0.195 e. The molecule has 2 aliphatic heterocycles. The first-order chi connectivity index (χ1) is 16.7. The van der Waals surface area contributed by atoms with Gasteiger partial charge in [-0.1, -0.05) is 47.6 Å². The van der Waals surface area contributed by atoms with Gasteiger partial charge in [0.1, 0.15) is 11.6 Å². The number of thioether (sulfide) groups is 1. The van der Waals surface area contributed by atoms with E-state index in [4.69, 9.17) is 26.2 Å². The summed E-state index contributed by atoms with van der Waals surface area (Å²) in [6.07, 6.45) is 4.66. The van der Waals surface area contributed by atoms with Crippen molar-refractivity contribution in [2.45, 2.75) is 49.4 Å². The van der Waals surface area contributed by atoms with Gasteiger partial charge in [0.2, 0.25) is 0 Å². The van der Waals surface area contributed by atoms with Crippen LogP contribution in [0.3, 0.4) is 0 Å². The number of methoxy groups -OCH3 is 1. The lowest BCUT2D eigenvalue weighted by molar-refractivity contribution is 0.129. The summed E-state index contributed by atoms with van der Waals surface area (Å²) in [6.45, 7) is 3.78. The summed E-state index contributed by atoms with van der Waals surface area (Å²) in [5, 5.41) is 11.1. The summed E-state index contributed by atoms with van der Waals surface area (Å²) in [6, 6.07) is 16.3. The van der Waals surface area contributed by atoms with Gasteiger partial charge in [-0.15, -0.1) is 10.2 Å². The monoisotopic (exact) mass is 498 g/mol. The Labute approximate surface area is 210 Å². The van der Waals surface area contributed by atoms with Crippen molar-refractivity contribution in [2.24, 2.45) is 0 Å². The number of hydrogen-bond donors (Lipinski definition) is 0. The number of nitrogens with zero attached hydrogens (tertiary/aromatic N) is 4. The SMILES string of the molecule is COc1cccc(-n2c(SC[C@H]3CCCO3)nnc2C2CCN(Cc3ccccc3Cl)CC2)c1. The molecule has 1 aromatic heterocycles. The van der Waals surface area contributed by atoms with E-state index in [1.165, 1.54) is 5.56 Å². The first-order valence-electron chi connectivity index (χ1n) is 12.0. The summed E-state index contributed by atoms with van der Waals surface area (Å²) in [5.74, 6) is 3.14. The maximum Gasteiger partial charge on any atom is 0.195 e. The molecule has 5 rings (SSSR count). The average molecular weight is 499 g/mol. The van der Waals surface area contributed by atoms with E-state index in [-0.39, 0.29) is 0 Å². The van der Waals surface area contributed by atoms with Crippen molar-refractivity contribution < 1.29 is 9.47 Å². The fourth-order valence-electron chi connectivity index (χ4n) is 4.79. The Morgan fingerprint density at radius 2 is 1.94 bits per heavy atom. The van der Waals surface area contributed by atoms with Crippen molar-refractivity contribution in [3.05, 3.63) is 64.9 Å². The van der Waals surface area contributed by atoms with Crippen LogP contribution in [-0.4, -0.2) is 58.3 Å². The van der Waals surface area contributed by atoms with E-state index >= 15 is 0 Å². The lowest BCUT2D eigenvalue weighted by Crippen LogP contribution is -2.33. The molecule has 2 aromatic carbocycles. The van der Waals surface area contributed by atoms with Gasteiger partial charge in [0.25, 0.3) is 0 Å². The van der Waals surface area contributed by atoms with Crippen LogP contribution in [0.2, 0.25) is 5.02 Å². The van der Waals surface area contributed by atoms with Crippen molar-refractivity contribution >= 4 is 23.4 Å². The molecule has 34 heavy (non-hydrogen) atoms. The van der Waals surface area contributed by atoms with Crippen LogP contribution in [0.15, 0.2) is 53.7 Å². The second-order valence-corrected chi connectivity index (χ2v) is 10.4. The highest BCUT2D eigenvalue weighted by atomic mass is 35.5. The zero-order chi connectivity index (χ0) is 23.3. The van der Waals surface area contributed by atoms with Gasteiger partial charge in [0.15, 0.2) is 5.16 Å². The highest BCUT2D eigenvalue weighted by Gasteiger charge is 2.28. The van der Waals surface area contributed by atoms with Crippen molar-refractivity contribution in [1.29, 1.82) is 0 Å². The standard InChI is InChI=1S/C26H31ClN4O2S/c1-32-22-8-4-7-21(16-22)31-25(28-29-26(31)34-18-23-9-5-15-33-23)19-11-13-30(14-12-19)17-20-6-2-3-10-24(20)27/h2-4,6-8,10,16,19,23H,5,9,11-15,17-18H2,1H3/t23-/m1/s1. The largest absolute Gasteiger partial charge is 0.497 e.